The van der Waals surface area contributed by atoms with E-state index in [1.54, 1.807) is 0 Å². The largest absolute Gasteiger partial charge is 0.311 e. The molecule has 0 aliphatic carbocycles. The molecule has 0 spiro atoms. The van der Waals surface area contributed by atoms with Crippen LogP contribution in [0.15, 0.2) is 570 Å². The van der Waals surface area contributed by atoms with Crippen LogP contribution in [0, 0.1) is 0 Å². The van der Waals surface area contributed by atoms with Crippen molar-refractivity contribution >= 4 is 160 Å². The number of benzene rings is 24. The second-order valence-corrected chi connectivity index (χ2v) is 36.3. The molecular weight excluding hydrogens is 1720 g/mol. The Balaban J connectivity index is 0.000000113. The van der Waals surface area contributed by atoms with Crippen LogP contribution in [0.25, 0.3) is 181 Å². The first kappa shape index (κ1) is 84.8. The Morgan fingerprint density at radius 1 is 0.106 bits per heavy atom. The SMILES string of the molecule is c1ccc(-c2ccc(N(c3ccc(-c4ccc5ccccc5c4)cc3)c3ccc(-n4c5ccccc5c5ccccc54)cc3)cc2)cc1.c1ccc(N(c2ccc(-c3ccc4ccccc4c3)cc2)c2ccc(-n3c4ccccc4c4ccccc43)cc2)cc1.c1ccc2cc(-c3ccc(N(c4ccc(-c5ccc6ccccc6c5)cc4)c4ccc(-n5c6ccccc6c6ccccc65)cc4)cc3)ccc2c1. The summed E-state index contributed by atoms with van der Waals surface area (Å²) in [5.74, 6) is 0. The van der Waals surface area contributed by atoms with Gasteiger partial charge < -0.3 is 28.4 Å². The monoisotopic (exact) mass is 1810 g/mol. The van der Waals surface area contributed by atoms with Crippen molar-refractivity contribution in [2.75, 3.05) is 14.7 Å². The predicted molar refractivity (Wildman–Crippen MR) is 604 cm³/mol. The van der Waals surface area contributed by atoms with E-state index in [-0.39, 0.29) is 0 Å². The molecule has 0 atom stereocenters. The van der Waals surface area contributed by atoms with Gasteiger partial charge in [0.1, 0.15) is 0 Å². The number of rotatable bonds is 17. The fourth-order valence-corrected chi connectivity index (χ4v) is 20.9. The van der Waals surface area contributed by atoms with Crippen LogP contribution in [-0.4, -0.2) is 13.7 Å². The van der Waals surface area contributed by atoms with Gasteiger partial charge in [0.2, 0.25) is 0 Å². The van der Waals surface area contributed by atoms with E-state index in [0.717, 1.165) is 68.2 Å². The minimum absolute atomic E-state index is 1.10. The highest BCUT2D eigenvalue weighted by atomic mass is 15.2. The van der Waals surface area contributed by atoms with E-state index in [1.165, 1.54) is 164 Å². The molecule has 0 saturated heterocycles. The van der Waals surface area contributed by atoms with Crippen molar-refractivity contribution in [1.29, 1.82) is 0 Å². The number of hydrogen-bond donors (Lipinski definition) is 0. The Bertz CT molecular complexity index is 9010. The molecule has 0 amide bonds. The quantitative estimate of drug-likeness (QED) is 0.0908. The lowest BCUT2D eigenvalue weighted by atomic mass is 10.00. The van der Waals surface area contributed by atoms with Crippen molar-refractivity contribution in [1.82, 2.24) is 13.7 Å². The van der Waals surface area contributed by atoms with Crippen molar-refractivity contribution in [3.63, 3.8) is 0 Å². The molecule has 0 bridgehead atoms. The molecule has 0 aliphatic heterocycles. The van der Waals surface area contributed by atoms with E-state index in [0.29, 0.717) is 0 Å². The summed E-state index contributed by atoms with van der Waals surface area (Å²) in [7, 11) is 0. The number of anilines is 9. The van der Waals surface area contributed by atoms with Crippen LogP contribution in [0.5, 0.6) is 0 Å². The molecule has 0 N–H and O–H groups in total. The maximum absolute atomic E-state index is 2.37. The van der Waals surface area contributed by atoms with Gasteiger partial charge in [0.15, 0.2) is 0 Å². The smallest absolute Gasteiger partial charge is 0.0541 e. The van der Waals surface area contributed by atoms with Gasteiger partial charge in [-0.05, 0) is 305 Å². The van der Waals surface area contributed by atoms with Crippen LogP contribution in [0.4, 0.5) is 51.2 Å². The highest BCUT2D eigenvalue weighted by molar-refractivity contribution is 6.12. The molecule has 0 saturated carbocycles. The van der Waals surface area contributed by atoms with Gasteiger partial charge in [0.25, 0.3) is 0 Å². The summed E-state index contributed by atoms with van der Waals surface area (Å²) in [5.41, 5.74) is 32.8. The normalized spacial score (nSPS) is 11.4. The van der Waals surface area contributed by atoms with Gasteiger partial charge in [0, 0.05) is 101 Å². The van der Waals surface area contributed by atoms with Crippen molar-refractivity contribution < 1.29 is 0 Å². The molecule has 27 rings (SSSR count). The van der Waals surface area contributed by atoms with E-state index in [9.17, 15) is 0 Å². The average Bonchev–Trinajstić information content (AvgIpc) is 1.60. The third-order valence-corrected chi connectivity index (χ3v) is 27.9. The standard InChI is InChI=1S/C50H34N2.C46H32N2.C40H28N2/c1-3-11-39-33-41(19-17-35(39)9-1)37-21-25-43(26-22-37)51(44-27-23-38(24-28-44)42-20-18-36-10-2-4-12-40(36)34-42)45-29-31-46(32-30-45)52-49-15-7-5-13-47(49)48-14-6-8-16-50(48)52;1-2-10-33(11-3-1)35-20-24-39(25-21-35)47(40-26-22-36(23-27-40)38-19-18-34-12-4-5-13-37(34)32-38)41-28-30-42(31-29-41)48-45-16-8-6-14-43(45)44-15-7-9-17-46(44)48;1-2-12-33(13-3-1)41(34-22-20-30(21-23-34)32-19-18-29-10-4-5-11-31(29)28-32)35-24-26-36(27-25-35)42-39-16-8-6-14-37(39)38-15-7-9-17-40(38)42/h1-34H;1-32H;1-28H. The number of hydrogen-bond acceptors (Lipinski definition) is 3. The number of nitrogens with zero attached hydrogens (tertiary/aromatic N) is 6. The van der Waals surface area contributed by atoms with Gasteiger partial charge in [-0.15, -0.1) is 0 Å². The van der Waals surface area contributed by atoms with Crippen molar-refractivity contribution in [2.24, 2.45) is 0 Å². The molecule has 0 fully saturated rings. The molecule has 3 aromatic heterocycles. The Morgan fingerprint density at radius 3 is 0.486 bits per heavy atom. The zero-order chi connectivity index (χ0) is 94.2. The topological polar surface area (TPSA) is 24.5 Å². The van der Waals surface area contributed by atoms with Gasteiger partial charge in [-0.1, -0.05) is 364 Å². The van der Waals surface area contributed by atoms with Gasteiger partial charge >= 0.3 is 0 Å². The summed E-state index contributed by atoms with van der Waals surface area (Å²) >= 11 is 0. The van der Waals surface area contributed by atoms with Crippen molar-refractivity contribution in [3.8, 4) is 72.7 Å². The average molecular weight is 1810 g/mol. The zero-order valence-electron chi connectivity index (χ0n) is 78.0. The molecule has 0 radical (unpaired) electrons. The number of fused-ring (bicyclic) bond motifs is 13. The number of aromatic nitrogens is 3. The van der Waals surface area contributed by atoms with Crippen LogP contribution in [0.3, 0.4) is 0 Å². The van der Waals surface area contributed by atoms with E-state index in [1.807, 2.05) is 0 Å². The minimum atomic E-state index is 1.10. The second-order valence-electron chi connectivity index (χ2n) is 36.3. The summed E-state index contributed by atoms with van der Waals surface area (Å²) in [4.78, 5) is 7.01. The van der Waals surface area contributed by atoms with E-state index in [4.69, 9.17) is 0 Å². The highest BCUT2D eigenvalue weighted by Crippen LogP contribution is 2.45. The van der Waals surface area contributed by atoms with Crippen LogP contribution in [0.1, 0.15) is 0 Å². The Kier molecular flexibility index (Phi) is 22.3. The summed E-state index contributed by atoms with van der Waals surface area (Å²) < 4.78 is 7.10. The Hall–Kier alpha value is -18.9. The lowest BCUT2D eigenvalue weighted by Crippen LogP contribution is -2.10. The maximum atomic E-state index is 2.37. The van der Waals surface area contributed by atoms with Crippen LogP contribution < -0.4 is 14.7 Å². The van der Waals surface area contributed by atoms with Crippen molar-refractivity contribution in [3.05, 3.63) is 570 Å². The molecular formula is C136H94N6. The first-order valence-corrected chi connectivity index (χ1v) is 48.6. The number of para-hydroxylation sites is 7. The molecule has 6 heteroatoms. The van der Waals surface area contributed by atoms with Gasteiger partial charge in [0.05, 0.1) is 33.1 Å². The summed E-state index contributed by atoms with van der Waals surface area (Å²) in [6.07, 6.45) is 0. The lowest BCUT2D eigenvalue weighted by Gasteiger charge is -2.26. The minimum Gasteiger partial charge on any atom is -0.311 e. The fourth-order valence-electron chi connectivity index (χ4n) is 20.9. The third-order valence-electron chi connectivity index (χ3n) is 27.9. The first-order chi connectivity index (χ1) is 70.4. The summed E-state index contributed by atoms with van der Waals surface area (Å²) in [5, 5.41) is 17.7. The Labute approximate surface area is 825 Å². The van der Waals surface area contributed by atoms with Crippen LogP contribution in [-0.2, 0) is 0 Å². The Morgan fingerprint density at radius 2 is 0.261 bits per heavy atom. The van der Waals surface area contributed by atoms with E-state index in [2.05, 4.69) is 599 Å². The zero-order valence-corrected chi connectivity index (χ0v) is 78.0. The first-order valence-electron chi connectivity index (χ1n) is 48.6. The fraction of sp³-hybridized carbons (Fsp3) is 0. The predicted octanol–water partition coefficient (Wildman–Crippen LogP) is 37.7. The van der Waals surface area contributed by atoms with Crippen LogP contribution in [0.2, 0.25) is 0 Å². The molecule has 0 aliphatic rings. The van der Waals surface area contributed by atoms with Gasteiger partial charge in [-0.25, -0.2) is 0 Å². The molecule has 0 unspecified atom stereocenters. The van der Waals surface area contributed by atoms with Crippen molar-refractivity contribution in [2.45, 2.75) is 0 Å². The molecule has 668 valence electrons. The molecule has 6 nitrogen and oxygen atoms in total. The van der Waals surface area contributed by atoms with E-state index < -0.39 is 0 Å². The third kappa shape index (κ3) is 16.3. The van der Waals surface area contributed by atoms with Crippen LogP contribution >= 0.6 is 0 Å². The summed E-state index contributed by atoms with van der Waals surface area (Å²) in [6.45, 7) is 0. The van der Waals surface area contributed by atoms with Gasteiger partial charge in [-0.2, -0.15) is 0 Å². The molecule has 27 aromatic rings. The second kappa shape index (κ2) is 37.3. The molecule has 142 heavy (non-hydrogen) atoms. The van der Waals surface area contributed by atoms with Gasteiger partial charge in [-0.3, -0.25) is 0 Å². The maximum Gasteiger partial charge on any atom is 0.0541 e. The highest BCUT2D eigenvalue weighted by Gasteiger charge is 2.23. The summed E-state index contributed by atoms with van der Waals surface area (Å²) in [6, 6.07) is 205. The molecule has 24 aromatic carbocycles. The molecule has 3 heterocycles. The lowest BCUT2D eigenvalue weighted by molar-refractivity contribution is 1.17. The van der Waals surface area contributed by atoms with E-state index >= 15 is 0 Å².